The van der Waals surface area contributed by atoms with Gasteiger partial charge in [-0.25, -0.2) is 5.06 Å². The molecule has 7 N–H and O–H groups in total. The van der Waals surface area contributed by atoms with Crippen LogP contribution in [0.15, 0.2) is 54.6 Å². The van der Waals surface area contributed by atoms with Gasteiger partial charge in [0, 0.05) is 12.8 Å². The number of alkyl halides is 6. The van der Waals surface area contributed by atoms with Crippen LogP contribution in [0.2, 0.25) is 0 Å². The largest absolute Gasteiger partial charge is 0.542 e. The predicted molar refractivity (Wildman–Crippen MR) is 125 cm³/mol. The third-order valence-electron chi connectivity index (χ3n) is 4.77. The lowest BCUT2D eigenvalue weighted by Gasteiger charge is -2.17. The number of aliphatic carboxylic acids is 2. The van der Waals surface area contributed by atoms with E-state index in [0.717, 1.165) is 41.3 Å². The molecule has 0 spiro atoms. The van der Waals surface area contributed by atoms with Gasteiger partial charge in [0.2, 0.25) is 5.91 Å². The zero-order valence-corrected chi connectivity index (χ0v) is 21.7. The summed E-state index contributed by atoms with van der Waals surface area (Å²) in [5, 5.41) is 28.3. The second-order valence-electron chi connectivity index (χ2n) is 8.35. The highest BCUT2D eigenvalue weighted by molar-refractivity contribution is 5.74. The van der Waals surface area contributed by atoms with Crippen LogP contribution >= 0.6 is 0 Å². The van der Waals surface area contributed by atoms with Crippen molar-refractivity contribution in [1.82, 2.24) is 5.06 Å². The number of ether oxygens (including phenoxy) is 1. The molecule has 230 valence electrons. The first-order chi connectivity index (χ1) is 19.0. The Morgan fingerprint density at radius 3 is 1.78 bits per heavy atom. The summed E-state index contributed by atoms with van der Waals surface area (Å²) in [6.45, 7) is 1.57. The van der Waals surface area contributed by atoms with Crippen LogP contribution in [0.25, 0.3) is 0 Å². The highest BCUT2D eigenvalue weighted by Gasteiger charge is 2.29. The van der Waals surface area contributed by atoms with E-state index in [1.807, 2.05) is 54.6 Å². The van der Waals surface area contributed by atoms with E-state index in [0.29, 0.717) is 19.4 Å². The molecule has 2 rings (SSSR count). The van der Waals surface area contributed by atoms with Gasteiger partial charge in [-0.15, -0.1) is 0 Å². The minimum absolute atomic E-state index is 0.0807. The fourth-order valence-electron chi connectivity index (χ4n) is 2.79. The number of nitrogens with zero attached hydrogens (tertiary/aromatic N) is 1. The minimum Gasteiger partial charge on any atom is -0.542 e. The molecule has 10 nitrogen and oxygen atoms in total. The van der Waals surface area contributed by atoms with E-state index >= 15 is 0 Å². The third-order valence-corrected chi connectivity index (χ3v) is 4.77. The number of hydroxylamine groups is 2. The van der Waals surface area contributed by atoms with Gasteiger partial charge in [0.1, 0.15) is 36.9 Å². The number of carbonyl (C=O) groups excluding carboxylic acids is 3. The normalized spacial score (nSPS) is 11.6. The molecule has 0 aliphatic carbocycles. The number of hydrogen-bond donors (Lipinski definition) is 3. The molecule has 2 aromatic carbocycles. The number of carboxylic acid groups (broad SMARTS) is 2. The van der Waals surface area contributed by atoms with Gasteiger partial charge in [-0.05, 0) is 36.1 Å². The van der Waals surface area contributed by atoms with Crippen LogP contribution in [-0.2, 0) is 27.4 Å². The van der Waals surface area contributed by atoms with Crippen LogP contribution in [-0.4, -0.2) is 59.6 Å². The lowest BCUT2D eigenvalue weighted by atomic mass is 10.1. The van der Waals surface area contributed by atoms with Crippen LogP contribution in [0.5, 0.6) is 5.75 Å². The van der Waals surface area contributed by atoms with E-state index in [1.54, 1.807) is 0 Å². The molecule has 0 saturated heterocycles. The van der Waals surface area contributed by atoms with E-state index in [1.165, 1.54) is 0 Å². The maximum absolute atomic E-state index is 11.9. The topological polar surface area (TPSA) is 185 Å². The van der Waals surface area contributed by atoms with Crippen LogP contribution in [0, 0.1) is 0 Å². The number of amides is 1. The summed E-state index contributed by atoms with van der Waals surface area (Å²) in [5.41, 5.74) is 10.0. The SMILES string of the molecule is O=C([O-])C(F)(F)F.O=C([O-])C(F)(F)F.[NH3+]CCCCC(=O)N(O)C[C@@H]([NH3+])Cc1ccc(OCc2ccccc2)cc1. The van der Waals surface area contributed by atoms with Gasteiger partial charge in [0.25, 0.3) is 0 Å². The molecule has 0 aromatic heterocycles. The van der Waals surface area contributed by atoms with Gasteiger partial charge in [-0.1, -0.05) is 42.5 Å². The van der Waals surface area contributed by atoms with Crippen LogP contribution in [0.1, 0.15) is 30.4 Å². The standard InChI is InChI=1S/C21H29N3O3.2C2HF3O2/c22-13-5-4-8-21(25)24(26)15-19(23)14-17-9-11-20(12-10-17)27-16-18-6-2-1-3-7-18;2*3-2(4,5)1(6)7/h1-3,6-7,9-12,19,26H,4-5,8,13-16,22-23H2;2*(H,6,7)/t19-;;/m0../s1. The van der Waals surface area contributed by atoms with Gasteiger partial charge in [-0.3, -0.25) is 10.0 Å². The van der Waals surface area contributed by atoms with Gasteiger partial charge in [0.05, 0.1) is 6.54 Å². The maximum atomic E-state index is 11.9. The molecule has 0 aliphatic rings. The number of halogens is 6. The van der Waals surface area contributed by atoms with E-state index in [4.69, 9.17) is 24.5 Å². The smallest absolute Gasteiger partial charge is 0.430 e. The molecular weight excluding hydrogens is 568 g/mol. The lowest BCUT2D eigenvalue weighted by molar-refractivity contribution is -0.425. The molecule has 0 heterocycles. The Kier molecular flexibility index (Phi) is 16.7. The van der Waals surface area contributed by atoms with E-state index < -0.39 is 24.3 Å². The van der Waals surface area contributed by atoms with Crippen molar-refractivity contribution in [3.05, 3.63) is 65.7 Å². The second-order valence-corrected chi connectivity index (χ2v) is 8.35. The van der Waals surface area contributed by atoms with Gasteiger partial charge >= 0.3 is 12.4 Å². The average Bonchev–Trinajstić information content (AvgIpc) is 2.88. The number of quaternary nitrogens is 2. The molecule has 1 amide bonds. The third kappa shape index (κ3) is 18.2. The number of carbonyl (C=O) groups is 3. The van der Waals surface area contributed by atoms with Crippen LogP contribution in [0.3, 0.4) is 0 Å². The van der Waals surface area contributed by atoms with Gasteiger partial charge in [0.15, 0.2) is 0 Å². The average molecular weight is 600 g/mol. The van der Waals surface area contributed by atoms with E-state index in [9.17, 15) is 36.3 Å². The van der Waals surface area contributed by atoms with Crippen molar-refractivity contribution >= 4 is 17.8 Å². The molecule has 2 aromatic rings. The second kappa shape index (κ2) is 18.5. The van der Waals surface area contributed by atoms with Crippen molar-refractivity contribution in [1.29, 1.82) is 0 Å². The Morgan fingerprint density at radius 2 is 1.34 bits per heavy atom. The highest BCUT2D eigenvalue weighted by atomic mass is 19.4. The molecular formula is C25H31F6N3O7. The summed E-state index contributed by atoms with van der Waals surface area (Å²) in [6.07, 6.45) is -7.70. The molecule has 0 aliphatic heterocycles. The van der Waals surface area contributed by atoms with E-state index in [-0.39, 0.29) is 18.5 Å². The first-order valence-electron chi connectivity index (χ1n) is 11.9. The Labute approximate surface area is 231 Å². The van der Waals surface area contributed by atoms with Crippen molar-refractivity contribution in [2.24, 2.45) is 0 Å². The number of rotatable bonds is 11. The summed E-state index contributed by atoms with van der Waals surface area (Å²) < 4.78 is 68.9. The summed E-state index contributed by atoms with van der Waals surface area (Å²) in [6, 6.07) is 17.8. The molecule has 0 fully saturated rings. The maximum Gasteiger partial charge on any atom is 0.430 e. The monoisotopic (exact) mass is 599 g/mol. The van der Waals surface area contributed by atoms with Gasteiger partial charge in [-0.2, -0.15) is 26.3 Å². The van der Waals surface area contributed by atoms with Crippen LogP contribution < -0.4 is 26.4 Å². The molecule has 0 radical (unpaired) electrons. The zero-order valence-electron chi connectivity index (χ0n) is 21.7. The molecule has 41 heavy (non-hydrogen) atoms. The van der Waals surface area contributed by atoms with Crippen molar-refractivity contribution in [2.75, 3.05) is 13.1 Å². The summed E-state index contributed by atoms with van der Waals surface area (Å²) in [5.74, 6) is -5.45. The number of benzene rings is 2. The van der Waals surface area contributed by atoms with Crippen molar-refractivity contribution in [2.45, 2.75) is 50.7 Å². The molecule has 1 atom stereocenters. The fourth-order valence-corrected chi connectivity index (χ4v) is 2.79. The Hall–Kier alpha value is -3.89. The highest BCUT2D eigenvalue weighted by Crippen LogP contribution is 2.15. The lowest BCUT2D eigenvalue weighted by Crippen LogP contribution is -2.66. The summed E-state index contributed by atoms with van der Waals surface area (Å²) in [4.78, 5) is 29.4. The van der Waals surface area contributed by atoms with Gasteiger partial charge < -0.3 is 36.0 Å². The molecule has 16 heteroatoms. The first-order valence-corrected chi connectivity index (χ1v) is 11.9. The Bertz CT molecular complexity index is 1030. The fraction of sp³-hybridized carbons (Fsp3) is 0.400. The molecule has 0 saturated carbocycles. The first kappa shape index (κ1) is 37.1. The number of unbranched alkanes of at least 4 members (excludes halogenated alkanes) is 1. The van der Waals surface area contributed by atoms with E-state index in [2.05, 4.69) is 11.5 Å². The quantitative estimate of drug-likeness (QED) is 0.136. The number of carboxylic acids is 2. The van der Waals surface area contributed by atoms with Crippen molar-refractivity contribution in [3.63, 3.8) is 0 Å². The predicted octanol–water partition coefficient (Wildman–Crippen LogP) is -0.354. The minimum atomic E-state index is -5.19. The zero-order chi connectivity index (χ0) is 31.6. The van der Waals surface area contributed by atoms with Crippen LogP contribution in [0.4, 0.5) is 26.3 Å². The number of hydrogen-bond acceptors (Lipinski definition) is 7. The van der Waals surface area contributed by atoms with Crippen molar-refractivity contribution < 1.29 is 72.4 Å². The summed E-state index contributed by atoms with van der Waals surface area (Å²) >= 11 is 0. The Balaban J connectivity index is 0.000000941. The molecule has 0 unspecified atom stereocenters. The Morgan fingerprint density at radius 1 is 0.854 bits per heavy atom. The molecule has 0 bridgehead atoms. The van der Waals surface area contributed by atoms with Crippen molar-refractivity contribution in [3.8, 4) is 5.75 Å². The summed E-state index contributed by atoms with van der Waals surface area (Å²) in [7, 11) is 0.